The lowest BCUT2D eigenvalue weighted by atomic mass is 9.76. The number of carbonyl (C=O) groups excluding carboxylic acids is 1. The lowest BCUT2D eigenvalue weighted by molar-refractivity contribution is -0.156. The van der Waals surface area contributed by atoms with Crippen molar-refractivity contribution in [2.45, 2.75) is 72.3 Å². The molecule has 0 aliphatic carbocycles. The van der Waals surface area contributed by atoms with Crippen LogP contribution in [0.1, 0.15) is 52.2 Å². The molecular weight excluding hydrogens is 326 g/mol. The van der Waals surface area contributed by atoms with Gasteiger partial charge >= 0.3 is 5.97 Å². The molecule has 2 N–H and O–H groups in total. The van der Waals surface area contributed by atoms with E-state index in [1.165, 1.54) is 0 Å². The van der Waals surface area contributed by atoms with Gasteiger partial charge in [-0.2, -0.15) is 0 Å². The Bertz CT molecular complexity index is 654. The molecule has 4 heteroatoms. The quantitative estimate of drug-likeness (QED) is 0.491. The average molecular weight is 360 g/mol. The zero-order chi connectivity index (χ0) is 19.5. The largest absolute Gasteiger partial charge is 0.461 e. The number of nitrogens with two attached hydrogens (primary N) is 1. The average Bonchev–Trinajstić information content (AvgIpc) is 2.42. The molecule has 0 aliphatic rings. The molecule has 1 aromatic carbocycles. The number of benzene rings is 1. The first kappa shape index (κ1) is 21.5. The zero-order valence-electron chi connectivity index (χ0n) is 17.0. The van der Waals surface area contributed by atoms with E-state index in [0.29, 0.717) is 6.42 Å². The molecule has 138 valence electrons. The number of hydrogen-bond acceptors (Lipinski definition) is 3. The molecule has 0 bridgehead atoms. The fraction of sp³-hybridized carbons (Fsp3) is 0.571. The molecule has 0 unspecified atom stereocenters. The molecule has 0 aliphatic heterocycles. The minimum atomic E-state index is -1.42. The molecular formula is C21H33NO2Si. The molecule has 0 aromatic heterocycles. The number of hydrogen-bond donors (Lipinski definition) is 1. The predicted octanol–water partition coefficient (Wildman–Crippen LogP) is 4.46. The van der Waals surface area contributed by atoms with Gasteiger partial charge in [-0.05, 0) is 43.4 Å². The van der Waals surface area contributed by atoms with Crippen molar-refractivity contribution in [2.24, 2.45) is 11.1 Å². The SMILES string of the molecule is CC(C)OC(=O)[C@@](N)(CC(C)(C)C)c1ccc(C#C[Si](C)(C)C)cc1. The maximum absolute atomic E-state index is 12.7. The number of rotatable bonds is 4. The summed E-state index contributed by atoms with van der Waals surface area (Å²) in [6, 6.07) is 7.69. The summed E-state index contributed by atoms with van der Waals surface area (Å²) in [6.45, 7) is 16.5. The van der Waals surface area contributed by atoms with Gasteiger partial charge in [0, 0.05) is 5.56 Å². The molecule has 0 radical (unpaired) electrons. The van der Waals surface area contributed by atoms with Crippen LogP contribution in [0, 0.1) is 16.9 Å². The lowest BCUT2D eigenvalue weighted by Gasteiger charge is -2.34. The molecule has 1 rings (SSSR count). The maximum atomic E-state index is 12.7. The summed E-state index contributed by atoms with van der Waals surface area (Å²) in [5.74, 6) is 2.85. The van der Waals surface area contributed by atoms with E-state index >= 15 is 0 Å². The van der Waals surface area contributed by atoms with Crippen molar-refractivity contribution in [2.75, 3.05) is 0 Å². The summed E-state index contributed by atoms with van der Waals surface area (Å²) in [5, 5.41) is 0. The van der Waals surface area contributed by atoms with Crippen molar-refractivity contribution in [1.29, 1.82) is 0 Å². The van der Waals surface area contributed by atoms with Gasteiger partial charge in [0.05, 0.1) is 6.10 Å². The van der Waals surface area contributed by atoms with Crippen molar-refractivity contribution >= 4 is 14.0 Å². The Labute approximate surface area is 154 Å². The highest BCUT2D eigenvalue weighted by atomic mass is 28.3. The summed E-state index contributed by atoms with van der Waals surface area (Å²) >= 11 is 0. The summed E-state index contributed by atoms with van der Waals surface area (Å²) in [7, 11) is -1.42. The molecule has 0 fully saturated rings. The van der Waals surface area contributed by atoms with Crippen LogP contribution in [0.3, 0.4) is 0 Å². The third kappa shape index (κ3) is 7.05. The van der Waals surface area contributed by atoms with E-state index in [4.69, 9.17) is 10.5 Å². The van der Waals surface area contributed by atoms with Crippen molar-refractivity contribution in [3.05, 3.63) is 35.4 Å². The fourth-order valence-electron chi connectivity index (χ4n) is 2.56. The Kier molecular flexibility index (Phi) is 6.66. The first-order chi connectivity index (χ1) is 11.2. The van der Waals surface area contributed by atoms with E-state index in [0.717, 1.165) is 11.1 Å². The van der Waals surface area contributed by atoms with Gasteiger partial charge in [0.15, 0.2) is 0 Å². The second-order valence-electron chi connectivity index (χ2n) is 9.24. The van der Waals surface area contributed by atoms with Crippen LogP contribution in [0.25, 0.3) is 0 Å². The van der Waals surface area contributed by atoms with Gasteiger partial charge in [-0.15, -0.1) is 5.54 Å². The van der Waals surface area contributed by atoms with E-state index in [1.807, 2.05) is 38.1 Å². The number of ether oxygens (including phenoxy) is 1. The van der Waals surface area contributed by atoms with Crippen LogP contribution in [0.4, 0.5) is 0 Å². The highest BCUT2D eigenvalue weighted by molar-refractivity contribution is 6.83. The number of esters is 1. The van der Waals surface area contributed by atoms with Crippen LogP contribution in [0.15, 0.2) is 24.3 Å². The molecule has 0 heterocycles. The zero-order valence-corrected chi connectivity index (χ0v) is 18.0. The molecule has 0 spiro atoms. The Hall–Kier alpha value is -1.57. The molecule has 1 atom stereocenters. The second kappa shape index (κ2) is 7.76. The minimum absolute atomic E-state index is 0.110. The third-order valence-corrected chi connectivity index (χ3v) is 4.37. The van der Waals surface area contributed by atoms with Crippen molar-refractivity contribution in [3.63, 3.8) is 0 Å². The third-order valence-electron chi connectivity index (χ3n) is 3.50. The lowest BCUT2D eigenvalue weighted by Crippen LogP contribution is -2.49. The summed E-state index contributed by atoms with van der Waals surface area (Å²) in [4.78, 5) is 12.7. The summed E-state index contributed by atoms with van der Waals surface area (Å²) in [5.41, 5.74) is 10.4. The Morgan fingerprint density at radius 2 is 1.68 bits per heavy atom. The van der Waals surface area contributed by atoms with E-state index in [2.05, 4.69) is 51.9 Å². The van der Waals surface area contributed by atoms with Crippen molar-refractivity contribution in [3.8, 4) is 11.5 Å². The monoisotopic (exact) mass is 359 g/mol. The Morgan fingerprint density at radius 1 is 1.16 bits per heavy atom. The fourth-order valence-corrected chi connectivity index (χ4v) is 3.08. The Morgan fingerprint density at radius 3 is 2.08 bits per heavy atom. The van der Waals surface area contributed by atoms with Crippen LogP contribution in [0.2, 0.25) is 19.6 Å². The molecule has 3 nitrogen and oxygen atoms in total. The van der Waals surface area contributed by atoms with Crippen molar-refractivity contribution in [1.82, 2.24) is 0 Å². The van der Waals surface area contributed by atoms with E-state index in [-0.39, 0.29) is 17.5 Å². The smallest absolute Gasteiger partial charge is 0.331 e. The molecule has 1 aromatic rings. The van der Waals surface area contributed by atoms with Crippen LogP contribution in [-0.4, -0.2) is 20.1 Å². The van der Waals surface area contributed by atoms with Gasteiger partial charge in [-0.25, -0.2) is 4.79 Å². The van der Waals surface area contributed by atoms with Crippen LogP contribution in [-0.2, 0) is 15.1 Å². The topological polar surface area (TPSA) is 52.3 Å². The van der Waals surface area contributed by atoms with Crippen molar-refractivity contribution < 1.29 is 9.53 Å². The van der Waals surface area contributed by atoms with Crippen LogP contribution >= 0.6 is 0 Å². The molecule has 0 amide bonds. The van der Waals surface area contributed by atoms with Gasteiger partial charge in [-0.1, -0.05) is 58.5 Å². The first-order valence-electron chi connectivity index (χ1n) is 8.87. The molecule has 25 heavy (non-hydrogen) atoms. The second-order valence-corrected chi connectivity index (χ2v) is 14.0. The van der Waals surface area contributed by atoms with Gasteiger partial charge in [-0.3, -0.25) is 0 Å². The molecule has 0 saturated heterocycles. The van der Waals surface area contributed by atoms with Gasteiger partial charge in [0.1, 0.15) is 13.6 Å². The van der Waals surface area contributed by atoms with Gasteiger partial charge in [0.2, 0.25) is 0 Å². The molecule has 0 saturated carbocycles. The van der Waals surface area contributed by atoms with Gasteiger partial charge in [0.25, 0.3) is 0 Å². The normalized spacial score (nSPS) is 14.5. The summed E-state index contributed by atoms with van der Waals surface area (Å²) in [6.07, 6.45) is 0.308. The van der Waals surface area contributed by atoms with E-state index in [1.54, 1.807) is 0 Å². The standard InChI is InChI=1S/C21H33NO2Si/c1-16(2)24-19(23)21(22,15-20(3,4)5)18-11-9-17(10-12-18)13-14-25(6,7)8/h9-12,16H,15,22H2,1-8H3/t21-/m1/s1. The number of carbonyl (C=O) groups is 1. The van der Waals surface area contributed by atoms with Crippen LogP contribution < -0.4 is 5.73 Å². The highest BCUT2D eigenvalue weighted by Gasteiger charge is 2.41. The highest BCUT2D eigenvalue weighted by Crippen LogP contribution is 2.34. The maximum Gasteiger partial charge on any atom is 0.331 e. The van der Waals surface area contributed by atoms with Crippen LogP contribution in [0.5, 0.6) is 0 Å². The first-order valence-corrected chi connectivity index (χ1v) is 12.4. The van der Waals surface area contributed by atoms with Gasteiger partial charge < -0.3 is 10.5 Å². The van der Waals surface area contributed by atoms with E-state index < -0.39 is 13.6 Å². The Balaban J connectivity index is 3.22. The predicted molar refractivity (Wildman–Crippen MR) is 108 cm³/mol. The van der Waals surface area contributed by atoms with E-state index in [9.17, 15) is 4.79 Å². The minimum Gasteiger partial charge on any atom is -0.461 e. The summed E-state index contributed by atoms with van der Waals surface area (Å²) < 4.78 is 5.45.